The van der Waals surface area contributed by atoms with Gasteiger partial charge >= 0.3 is 0 Å². The lowest BCUT2D eigenvalue weighted by Gasteiger charge is -2.28. The molecule has 1 atom stereocenters. The summed E-state index contributed by atoms with van der Waals surface area (Å²) in [5.41, 5.74) is 1.25. The van der Waals surface area contributed by atoms with Crippen molar-refractivity contribution in [2.24, 2.45) is 0 Å². The van der Waals surface area contributed by atoms with Gasteiger partial charge in [0.2, 0.25) is 11.8 Å². The van der Waals surface area contributed by atoms with Crippen molar-refractivity contribution < 1.29 is 14.4 Å². The molecule has 1 heterocycles. The molecule has 1 saturated heterocycles. The zero-order valence-corrected chi connectivity index (χ0v) is 17.7. The first-order valence-corrected chi connectivity index (χ1v) is 10.2. The highest BCUT2D eigenvalue weighted by molar-refractivity contribution is 9.10. The van der Waals surface area contributed by atoms with Crippen LogP contribution in [0, 0.1) is 0 Å². The molecule has 1 unspecified atom stereocenters. The van der Waals surface area contributed by atoms with E-state index in [4.69, 9.17) is 11.6 Å². The second-order valence-corrected chi connectivity index (χ2v) is 7.95. The van der Waals surface area contributed by atoms with E-state index in [0.29, 0.717) is 23.6 Å². The van der Waals surface area contributed by atoms with E-state index in [-0.39, 0.29) is 30.7 Å². The van der Waals surface area contributed by atoms with E-state index in [2.05, 4.69) is 15.9 Å². The number of carbonyl (C=O) groups excluding carboxylic acids is 3. The Morgan fingerprint density at radius 2 is 1.86 bits per heavy atom. The lowest BCUT2D eigenvalue weighted by Crippen LogP contribution is -2.45. The maximum absolute atomic E-state index is 13.1. The largest absolute Gasteiger partial charge is 0.326 e. The first-order valence-electron chi connectivity index (χ1n) is 9.07. The van der Waals surface area contributed by atoms with Crippen molar-refractivity contribution in [1.82, 2.24) is 4.90 Å². The van der Waals surface area contributed by atoms with Gasteiger partial charge < -0.3 is 4.90 Å². The van der Waals surface area contributed by atoms with Crippen molar-refractivity contribution in [3.8, 4) is 0 Å². The number of nitrogens with zero attached hydrogens (tertiary/aromatic N) is 2. The molecule has 0 radical (unpaired) electrons. The summed E-state index contributed by atoms with van der Waals surface area (Å²) in [7, 11) is 0. The minimum atomic E-state index is -0.827. The molecule has 5 nitrogen and oxygen atoms in total. The smallest absolute Gasteiger partial charge is 0.257 e. The molecular formula is C21H20BrClN2O3. The minimum absolute atomic E-state index is 0.0329. The van der Waals surface area contributed by atoms with E-state index >= 15 is 0 Å². The zero-order valence-electron chi connectivity index (χ0n) is 15.4. The Morgan fingerprint density at radius 3 is 2.50 bits per heavy atom. The van der Waals surface area contributed by atoms with Crippen LogP contribution in [0.3, 0.4) is 0 Å². The summed E-state index contributed by atoms with van der Waals surface area (Å²) in [6, 6.07) is 13.3. The molecule has 0 N–H and O–H groups in total. The summed E-state index contributed by atoms with van der Waals surface area (Å²) in [5, 5.41) is 0.526. The average Bonchev–Trinajstić information content (AvgIpc) is 2.96. The highest BCUT2D eigenvalue weighted by atomic mass is 79.9. The molecular weight excluding hydrogens is 444 g/mol. The second-order valence-electron chi connectivity index (χ2n) is 6.63. The van der Waals surface area contributed by atoms with Gasteiger partial charge in [0.05, 0.1) is 12.1 Å². The molecule has 0 saturated carbocycles. The summed E-state index contributed by atoms with van der Waals surface area (Å²) in [4.78, 5) is 41.1. The molecule has 7 heteroatoms. The maximum Gasteiger partial charge on any atom is 0.257 e. The van der Waals surface area contributed by atoms with Crippen molar-refractivity contribution in [2.75, 3.05) is 4.90 Å². The quantitative estimate of drug-likeness (QED) is 0.590. The Morgan fingerprint density at radius 1 is 1.18 bits per heavy atom. The molecule has 28 heavy (non-hydrogen) atoms. The summed E-state index contributed by atoms with van der Waals surface area (Å²) in [6.45, 7) is 2.09. The van der Waals surface area contributed by atoms with Gasteiger partial charge in [-0.15, -0.1) is 0 Å². The maximum atomic E-state index is 13.1. The SMILES string of the molecule is CCCC(=O)N(Cc1ccccc1Cl)C1CC(=O)N(c2ccc(Br)cc2)C1=O. The monoisotopic (exact) mass is 462 g/mol. The molecule has 0 spiro atoms. The van der Waals surface area contributed by atoms with Crippen molar-refractivity contribution in [1.29, 1.82) is 0 Å². The van der Waals surface area contributed by atoms with Crippen LogP contribution in [0.15, 0.2) is 53.0 Å². The third kappa shape index (κ3) is 4.28. The molecule has 146 valence electrons. The molecule has 1 aliphatic rings. The van der Waals surface area contributed by atoms with Crippen LogP contribution in [0.5, 0.6) is 0 Å². The Kier molecular flexibility index (Phi) is 6.52. The van der Waals surface area contributed by atoms with Crippen LogP contribution in [0.4, 0.5) is 5.69 Å². The first kappa shape index (κ1) is 20.6. The van der Waals surface area contributed by atoms with Crippen LogP contribution in [0.25, 0.3) is 0 Å². The van der Waals surface area contributed by atoms with Crippen molar-refractivity contribution >= 4 is 50.9 Å². The Balaban J connectivity index is 1.90. The molecule has 0 aliphatic carbocycles. The van der Waals surface area contributed by atoms with Crippen LogP contribution < -0.4 is 4.90 Å². The van der Waals surface area contributed by atoms with E-state index in [1.165, 1.54) is 4.90 Å². The summed E-state index contributed by atoms with van der Waals surface area (Å²) < 4.78 is 0.852. The Hall–Kier alpha value is -2.18. The molecule has 3 rings (SSSR count). The average molecular weight is 464 g/mol. The number of carbonyl (C=O) groups is 3. The number of anilines is 1. The summed E-state index contributed by atoms with van der Waals surface area (Å²) in [5.74, 6) is -0.860. The van der Waals surface area contributed by atoms with Gasteiger partial charge in [0, 0.05) is 22.5 Å². The van der Waals surface area contributed by atoms with Crippen LogP contribution in [0.2, 0.25) is 5.02 Å². The van der Waals surface area contributed by atoms with Gasteiger partial charge in [-0.05, 0) is 42.3 Å². The molecule has 1 fully saturated rings. The van der Waals surface area contributed by atoms with Crippen LogP contribution in [-0.2, 0) is 20.9 Å². The molecule has 3 amide bonds. The second kappa shape index (κ2) is 8.88. The van der Waals surface area contributed by atoms with E-state index in [0.717, 1.165) is 14.9 Å². The highest BCUT2D eigenvalue weighted by Gasteiger charge is 2.44. The standard InChI is InChI=1S/C21H20BrClN2O3/c1-2-5-19(26)24(13-14-6-3-4-7-17(14)23)18-12-20(27)25(21(18)28)16-10-8-15(22)9-11-16/h3-4,6-11,18H,2,5,12-13H2,1H3. The van der Waals surface area contributed by atoms with E-state index in [9.17, 15) is 14.4 Å². The van der Waals surface area contributed by atoms with Gasteiger partial charge in [-0.2, -0.15) is 0 Å². The Labute approximate surface area is 177 Å². The van der Waals surface area contributed by atoms with Gasteiger partial charge in [0.1, 0.15) is 6.04 Å². The Bertz CT molecular complexity index is 901. The van der Waals surface area contributed by atoms with Crippen LogP contribution in [0.1, 0.15) is 31.7 Å². The number of imide groups is 1. The summed E-state index contributed by atoms with van der Waals surface area (Å²) >= 11 is 9.60. The number of hydrogen-bond donors (Lipinski definition) is 0. The van der Waals surface area contributed by atoms with Crippen LogP contribution >= 0.6 is 27.5 Å². The fourth-order valence-electron chi connectivity index (χ4n) is 3.26. The number of rotatable bonds is 6. The summed E-state index contributed by atoms with van der Waals surface area (Å²) in [6.07, 6.45) is 0.929. The molecule has 0 bridgehead atoms. The number of benzene rings is 2. The van der Waals surface area contributed by atoms with Crippen molar-refractivity contribution in [2.45, 2.75) is 38.8 Å². The van der Waals surface area contributed by atoms with Crippen molar-refractivity contribution in [3.05, 3.63) is 63.6 Å². The van der Waals surface area contributed by atoms with Crippen LogP contribution in [-0.4, -0.2) is 28.7 Å². The molecule has 1 aliphatic heterocycles. The van der Waals surface area contributed by atoms with Gasteiger partial charge in [0.25, 0.3) is 5.91 Å². The van der Waals surface area contributed by atoms with E-state index in [1.54, 1.807) is 30.3 Å². The van der Waals surface area contributed by atoms with Gasteiger partial charge in [-0.25, -0.2) is 4.90 Å². The predicted molar refractivity (Wildman–Crippen MR) is 112 cm³/mol. The number of halogens is 2. The van der Waals surface area contributed by atoms with Gasteiger partial charge in [-0.3, -0.25) is 14.4 Å². The minimum Gasteiger partial charge on any atom is -0.326 e. The normalized spacial score (nSPS) is 16.5. The predicted octanol–water partition coefficient (Wildman–Crippen LogP) is 4.56. The fourth-order valence-corrected chi connectivity index (χ4v) is 3.72. The van der Waals surface area contributed by atoms with Gasteiger partial charge in [0.15, 0.2) is 0 Å². The number of amides is 3. The third-order valence-corrected chi connectivity index (χ3v) is 5.56. The number of hydrogen-bond acceptors (Lipinski definition) is 3. The topological polar surface area (TPSA) is 57.7 Å². The molecule has 0 aromatic heterocycles. The zero-order chi connectivity index (χ0) is 20.3. The van der Waals surface area contributed by atoms with E-state index < -0.39 is 6.04 Å². The lowest BCUT2D eigenvalue weighted by atomic mass is 10.1. The lowest BCUT2D eigenvalue weighted by molar-refractivity contribution is -0.139. The third-order valence-electron chi connectivity index (χ3n) is 4.67. The van der Waals surface area contributed by atoms with E-state index in [1.807, 2.05) is 25.1 Å². The first-order chi connectivity index (χ1) is 13.4. The highest BCUT2D eigenvalue weighted by Crippen LogP contribution is 2.29. The van der Waals surface area contributed by atoms with Gasteiger partial charge in [-0.1, -0.05) is 52.7 Å². The fraction of sp³-hybridized carbons (Fsp3) is 0.286. The molecule has 2 aromatic carbocycles. The molecule has 2 aromatic rings. The van der Waals surface area contributed by atoms with Crippen molar-refractivity contribution in [3.63, 3.8) is 0 Å².